The van der Waals surface area contributed by atoms with Gasteiger partial charge in [0.15, 0.2) is 0 Å². The highest BCUT2D eigenvalue weighted by Crippen LogP contribution is 2.21. The number of carboxylic acids is 1. The van der Waals surface area contributed by atoms with E-state index in [4.69, 9.17) is 5.11 Å². The Morgan fingerprint density at radius 2 is 1.75 bits per heavy atom. The maximum atomic E-state index is 12.6. The fourth-order valence-corrected chi connectivity index (χ4v) is 3.26. The minimum atomic E-state index is -0.970. The quantitative estimate of drug-likeness (QED) is 0.667. The van der Waals surface area contributed by atoms with Gasteiger partial charge in [-0.25, -0.2) is 0 Å². The number of nitrogens with one attached hydrogen (secondary N) is 1. The Hall–Kier alpha value is -1.89. The molecule has 0 spiro atoms. The molecular weight excluding hydrogens is 417 g/mol. The van der Waals surface area contributed by atoms with E-state index in [1.807, 2.05) is 50.2 Å². The fraction of sp³-hybridized carbons (Fsp3) is 0.263. The van der Waals surface area contributed by atoms with Crippen molar-refractivity contribution >= 4 is 40.2 Å². The average Bonchev–Trinajstić information content (AvgIpc) is 2.47. The molecule has 2 aromatic carbocycles. The summed E-state index contributed by atoms with van der Waals surface area (Å²) in [6.07, 6.45) is 0.215. The van der Waals surface area contributed by atoms with Gasteiger partial charge in [-0.3, -0.25) is 9.59 Å². The van der Waals surface area contributed by atoms with E-state index in [9.17, 15) is 9.59 Å². The number of carbonyl (C=O) groups is 2. The van der Waals surface area contributed by atoms with Gasteiger partial charge in [-0.15, -0.1) is 0 Å². The molecule has 0 aliphatic carbocycles. The number of anilines is 1. The molecule has 24 heavy (non-hydrogen) atoms. The Bertz CT molecular complexity index is 738. The van der Waals surface area contributed by atoms with Gasteiger partial charge in [-0.2, -0.15) is 0 Å². The SMILES string of the molecule is Cc1cc(C)cc(C[C@@H](CC(=O)O)C(=O)Nc2ccccc2I)c1. The minimum absolute atomic E-state index is 0.192. The normalized spacial score (nSPS) is 11.8. The molecule has 2 N–H and O–H groups in total. The van der Waals surface area contributed by atoms with Crippen LogP contribution in [-0.4, -0.2) is 17.0 Å². The van der Waals surface area contributed by atoms with Gasteiger partial charge >= 0.3 is 5.97 Å². The maximum Gasteiger partial charge on any atom is 0.304 e. The summed E-state index contributed by atoms with van der Waals surface area (Å²) >= 11 is 2.14. The molecule has 0 fully saturated rings. The largest absolute Gasteiger partial charge is 0.481 e. The minimum Gasteiger partial charge on any atom is -0.481 e. The number of hydrogen-bond donors (Lipinski definition) is 2. The number of rotatable bonds is 6. The second kappa shape index (κ2) is 8.28. The summed E-state index contributed by atoms with van der Waals surface area (Å²) in [6, 6.07) is 13.5. The Morgan fingerprint density at radius 3 is 2.33 bits per heavy atom. The number of halogens is 1. The van der Waals surface area contributed by atoms with E-state index in [-0.39, 0.29) is 12.3 Å². The summed E-state index contributed by atoms with van der Waals surface area (Å²) in [5.74, 6) is -1.84. The van der Waals surface area contributed by atoms with Crippen molar-refractivity contribution in [2.24, 2.45) is 5.92 Å². The third kappa shape index (κ3) is 5.33. The van der Waals surface area contributed by atoms with E-state index in [0.717, 1.165) is 20.3 Å². The molecule has 1 atom stereocenters. The van der Waals surface area contributed by atoms with Crippen LogP contribution in [0.3, 0.4) is 0 Å². The van der Waals surface area contributed by atoms with Crippen LogP contribution < -0.4 is 5.32 Å². The molecule has 0 aliphatic rings. The summed E-state index contributed by atoms with van der Waals surface area (Å²) < 4.78 is 0.920. The highest BCUT2D eigenvalue weighted by Gasteiger charge is 2.23. The first kappa shape index (κ1) is 18.4. The van der Waals surface area contributed by atoms with E-state index in [2.05, 4.69) is 34.0 Å². The van der Waals surface area contributed by atoms with Crippen LogP contribution in [0.25, 0.3) is 0 Å². The number of para-hydroxylation sites is 1. The van der Waals surface area contributed by atoms with Gasteiger partial charge in [0.1, 0.15) is 0 Å². The highest BCUT2D eigenvalue weighted by atomic mass is 127. The van der Waals surface area contributed by atoms with E-state index < -0.39 is 11.9 Å². The monoisotopic (exact) mass is 437 g/mol. The first-order valence-corrected chi connectivity index (χ1v) is 8.77. The first-order chi connectivity index (χ1) is 11.3. The van der Waals surface area contributed by atoms with Crippen LogP contribution in [0, 0.1) is 23.3 Å². The lowest BCUT2D eigenvalue weighted by Crippen LogP contribution is -2.27. The summed E-state index contributed by atoms with van der Waals surface area (Å²) in [4.78, 5) is 23.8. The molecule has 0 unspecified atom stereocenters. The van der Waals surface area contributed by atoms with Gasteiger partial charge in [0.25, 0.3) is 0 Å². The molecule has 2 aromatic rings. The Morgan fingerprint density at radius 1 is 1.12 bits per heavy atom. The number of benzene rings is 2. The number of hydrogen-bond acceptors (Lipinski definition) is 2. The van der Waals surface area contributed by atoms with Crippen LogP contribution in [0.5, 0.6) is 0 Å². The van der Waals surface area contributed by atoms with Gasteiger partial charge in [0, 0.05) is 3.57 Å². The molecule has 0 bridgehead atoms. The summed E-state index contributed by atoms with van der Waals surface area (Å²) in [5, 5.41) is 12.0. The third-order valence-electron chi connectivity index (χ3n) is 3.69. The average molecular weight is 437 g/mol. The van der Waals surface area contributed by atoms with Crippen LogP contribution in [0.15, 0.2) is 42.5 Å². The number of carboxylic acid groups (broad SMARTS) is 1. The van der Waals surface area contributed by atoms with Gasteiger partial charge in [0.2, 0.25) is 5.91 Å². The number of carbonyl (C=O) groups excluding carboxylic acids is 1. The first-order valence-electron chi connectivity index (χ1n) is 7.69. The van der Waals surface area contributed by atoms with Crippen LogP contribution in [0.1, 0.15) is 23.1 Å². The lowest BCUT2D eigenvalue weighted by Gasteiger charge is -2.16. The second-order valence-corrected chi connectivity index (χ2v) is 7.13. The van der Waals surface area contributed by atoms with E-state index in [1.165, 1.54) is 0 Å². The molecule has 0 aliphatic heterocycles. The lowest BCUT2D eigenvalue weighted by atomic mass is 9.93. The zero-order chi connectivity index (χ0) is 17.7. The third-order valence-corrected chi connectivity index (χ3v) is 4.63. The predicted octanol–water partition coefficient (Wildman–Crippen LogP) is 4.18. The molecule has 0 radical (unpaired) electrons. The van der Waals surface area contributed by atoms with Crippen LogP contribution in [-0.2, 0) is 16.0 Å². The maximum absolute atomic E-state index is 12.6. The molecule has 0 saturated heterocycles. The van der Waals surface area contributed by atoms with Crippen LogP contribution >= 0.6 is 22.6 Å². The van der Waals surface area contributed by atoms with Gasteiger partial charge in [0.05, 0.1) is 18.0 Å². The van der Waals surface area contributed by atoms with Crippen molar-refractivity contribution in [3.05, 3.63) is 62.7 Å². The Kier molecular flexibility index (Phi) is 6.36. The zero-order valence-corrected chi connectivity index (χ0v) is 15.8. The van der Waals surface area contributed by atoms with Crippen LogP contribution in [0.4, 0.5) is 5.69 Å². The van der Waals surface area contributed by atoms with Gasteiger partial charge < -0.3 is 10.4 Å². The molecule has 4 nitrogen and oxygen atoms in total. The van der Waals surface area contributed by atoms with Crippen molar-refractivity contribution in [2.45, 2.75) is 26.7 Å². The van der Waals surface area contributed by atoms with Gasteiger partial charge in [-0.05, 0) is 60.6 Å². The van der Waals surface area contributed by atoms with Crippen molar-refractivity contribution in [2.75, 3.05) is 5.32 Å². The second-order valence-electron chi connectivity index (χ2n) is 5.96. The number of aliphatic carboxylic acids is 1. The van der Waals surface area contributed by atoms with Crippen molar-refractivity contribution in [1.82, 2.24) is 0 Å². The molecule has 126 valence electrons. The highest BCUT2D eigenvalue weighted by molar-refractivity contribution is 14.1. The number of amides is 1. The van der Waals surface area contributed by atoms with Crippen molar-refractivity contribution in [3.63, 3.8) is 0 Å². The van der Waals surface area contributed by atoms with E-state index >= 15 is 0 Å². The van der Waals surface area contributed by atoms with Crippen molar-refractivity contribution in [3.8, 4) is 0 Å². The van der Waals surface area contributed by atoms with Crippen molar-refractivity contribution < 1.29 is 14.7 Å². The lowest BCUT2D eigenvalue weighted by molar-refractivity contribution is -0.140. The van der Waals surface area contributed by atoms with Gasteiger partial charge in [-0.1, -0.05) is 41.5 Å². The standard InChI is InChI=1S/C19H20INO3/c1-12-7-13(2)9-14(8-12)10-15(11-18(22)23)19(24)21-17-6-4-3-5-16(17)20/h3-9,15H,10-11H2,1-2H3,(H,21,24)(H,22,23)/t15-/m0/s1. The van der Waals surface area contributed by atoms with Crippen molar-refractivity contribution in [1.29, 1.82) is 0 Å². The molecule has 0 aromatic heterocycles. The predicted molar refractivity (Wildman–Crippen MR) is 103 cm³/mol. The molecule has 2 rings (SSSR count). The summed E-state index contributed by atoms with van der Waals surface area (Å²) in [6.45, 7) is 3.99. The Balaban J connectivity index is 2.19. The summed E-state index contributed by atoms with van der Waals surface area (Å²) in [7, 11) is 0. The molecule has 5 heteroatoms. The molecule has 0 heterocycles. The summed E-state index contributed by atoms with van der Waals surface area (Å²) in [5.41, 5.74) is 3.91. The fourth-order valence-electron chi connectivity index (χ4n) is 2.74. The smallest absolute Gasteiger partial charge is 0.304 e. The molecular formula is C19H20INO3. The number of aryl methyl sites for hydroxylation is 2. The topological polar surface area (TPSA) is 66.4 Å². The van der Waals surface area contributed by atoms with E-state index in [0.29, 0.717) is 12.1 Å². The molecule has 1 amide bonds. The zero-order valence-electron chi connectivity index (χ0n) is 13.7. The van der Waals surface area contributed by atoms with Crippen LogP contribution in [0.2, 0.25) is 0 Å². The Labute approximate surface area is 155 Å². The van der Waals surface area contributed by atoms with E-state index in [1.54, 1.807) is 0 Å². The molecule has 0 saturated carbocycles.